The Bertz CT molecular complexity index is 340. The van der Waals surface area contributed by atoms with Crippen LogP contribution >= 0.6 is 0 Å². The standard InChI is InChI=1S/C15H26N2O/c1-12(2)16-9-5-8-15-17-11-14(18-15)10-13-6-3-4-7-13/h11-13,16H,3-10H2,1-2H3. The topological polar surface area (TPSA) is 38.1 Å². The lowest BCUT2D eigenvalue weighted by Gasteiger charge is -2.06. The van der Waals surface area contributed by atoms with Crippen molar-refractivity contribution in [2.45, 2.75) is 64.8 Å². The van der Waals surface area contributed by atoms with Crippen LogP contribution in [0.15, 0.2) is 10.6 Å². The number of rotatable bonds is 7. The van der Waals surface area contributed by atoms with Gasteiger partial charge in [-0.3, -0.25) is 0 Å². The first-order valence-electron chi connectivity index (χ1n) is 7.41. The zero-order valence-electron chi connectivity index (χ0n) is 11.7. The fourth-order valence-corrected chi connectivity index (χ4v) is 2.69. The monoisotopic (exact) mass is 250 g/mol. The number of aryl methyl sites for hydroxylation is 1. The lowest BCUT2D eigenvalue weighted by atomic mass is 10.0. The molecule has 1 N–H and O–H groups in total. The van der Waals surface area contributed by atoms with Crippen molar-refractivity contribution in [1.82, 2.24) is 10.3 Å². The molecule has 3 nitrogen and oxygen atoms in total. The molecule has 0 unspecified atom stereocenters. The highest BCUT2D eigenvalue weighted by atomic mass is 16.4. The second-order valence-corrected chi connectivity index (χ2v) is 5.79. The summed E-state index contributed by atoms with van der Waals surface area (Å²) in [5, 5.41) is 3.41. The van der Waals surface area contributed by atoms with E-state index in [1.807, 2.05) is 6.20 Å². The first-order chi connectivity index (χ1) is 8.74. The molecule has 1 fully saturated rings. The van der Waals surface area contributed by atoms with Crippen molar-refractivity contribution >= 4 is 0 Å². The molecule has 0 amide bonds. The smallest absolute Gasteiger partial charge is 0.194 e. The van der Waals surface area contributed by atoms with Crippen molar-refractivity contribution in [2.24, 2.45) is 5.92 Å². The normalized spacial score (nSPS) is 16.8. The molecule has 0 aliphatic heterocycles. The van der Waals surface area contributed by atoms with Gasteiger partial charge in [-0.15, -0.1) is 0 Å². The van der Waals surface area contributed by atoms with Gasteiger partial charge < -0.3 is 9.73 Å². The summed E-state index contributed by atoms with van der Waals surface area (Å²) in [6.45, 7) is 5.38. The molecule has 3 heteroatoms. The third-order valence-corrected chi connectivity index (χ3v) is 3.69. The van der Waals surface area contributed by atoms with Crippen LogP contribution in [0.1, 0.15) is 57.6 Å². The Labute approximate surface area is 110 Å². The summed E-state index contributed by atoms with van der Waals surface area (Å²) in [5.74, 6) is 2.84. The fourth-order valence-electron chi connectivity index (χ4n) is 2.69. The summed E-state index contributed by atoms with van der Waals surface area (Å²) in [7, 11) is 0. The third kappa shape index (κ3) is 4.45. The molecule has 1 aliphatic carbocycles. The number of aromatic nitrogens is 1. The number of nitrogens with one attached hydrogen (secondary N) is 1. The van der Waals surface area contributed by atoms with E-state index in [0.717, 1.165) is 43.4 Å². The molecule has 0 radical (unpaired) electrons. The third-order valence-electron chi connectivity index (χ3n) is 3.69. The van der Waals surface area contributed by atoms with Crippen LogP contribution in [0.3, 0.4) is 0 Å². The number of hydrogen-bond acceptors (Lipinski definition) is 3. The SMILES string of the molecule is CC(C)NCCCc1ncc(CC2CCCC2)o1. The van der Waals surface area contributed by atoms with Gasteiger partial charge in [0.1, 0.15) is 5.76 Å². The highest BCUT2D eigenvalue weighted by Crippen LogP contribution is 2.28. The number of hydrogen-bond donors (Lipinski definition) is 1. The van der Waals surface area contributed by atoms with Gasteiger partial charge in [0.25, 0.3) is 0 Å². The summed E-state index contributed by atoms with van der Waals surface area (Å²) >= 11 is 0. The Morgan fingerprint density at radius 2 is 2.17 bits per heavy atom. The Morgan fingerprint density at radius 1 is 1.39 bits per heavy atom. The maximum Gasteiger partial charge on any atom is 0.194 e. The maximum absolute atomic E-state index is 5.81. The molecule has 1 aliphatic rings. The highest BCUT2D eigenvalue weighted by molar-refractivity contribution is 4.96. The maximum atomic E-state index is 5.81. The van der Waals surface area contributed by atoms with Crippen molar-refractivity contribution in [3.05, 3.63) is 17.8 Å². The van der Waals surface area contributed by atoms with E-state index < -0.39 is 0 Å². The van der Waals surface area contributed by atoms with Crippen LogP contribution in [0.4, 0.5) is 0 Å². The van der Waals surface area contributed by atoms with E-state index in [0.29, 0.717) is 6.04 Å². The van der Waals surface area contributed by atoms with Gasteiger partial charge in [-0.2, -0.15) is 0 Å². The van der Waals surface area contributed by atoms with Crippen LogP contribution in [0.5, 0.6) is 0 Å². The molecule has 18 heavy (non-hydrogen) atoms. The highest BCUT2D eigenvalue weighted by Gasteiger charge is 2.17. The molecule has 0 bridgehead atoms. The molecule has 0 saturated heterocycles. The molecule has 2 rings (SSSR count). The van der Waals surface area contributed by atoms with Crippen molar-refractivity contribution in [2.75, 3.05) is 6.54 Å². The van der Waals surface area contributed by atoms with Crippen molar-refractivity contribution in [3.8, 4) is 0 Å². The summed E-state index contributed by atoms with van der Waals surface area (Å²) in [6, 6.07) is 0.562. The lowest BCUT2D eigenvalue weighted by molar-refractivity contribution is 0.409. The summed E-state index contributed by atoms with van der Waals surface area (Å²) < 4.78 is 5.81. The summed E-state index contributed by atoms with van der Waals surface area (Å²) in [4.78, 5) is 4.38. The molecular weight excluding hydrogens is 224 g/mol. The van der Waals surface area contributed by atoms with Crippen molar-refractivity contribution in [3.63, 3.8) is 0 Å². The zero-order chi connectivity index (χ0) is 12.8. The fraction of sp³-hybridized carbons (Fsp3) is 0.800. The molecule has 1 saturated carbocycles. The van der Waals surface area contributed by atoms with Gasteiger partial charge in [0.2, 0.25) is 0 Å². The molecule has 1 aromatic rings. The molecule has 1 heterocycles. The minimum atomic E-state index is 0.562. The largest absolute Gasteiger partial charge is 0.446 e. The number of nitrogens with zero attached hydrogens (tertiary/aromatic N) is 1. The van der Waals surface area contributed by atoms with E-state index >= 15 is 0 Å². The molecule has 0 spiro atoms. The van der Waals surface area contributed by atoms with Gasteiger partial charge in [-0.05, 0) is 18.9 Å². The molecule has 0 atom stereocenters. The van der Waals surface area contributed by atoms with Crippen LogP contribution in [-0.2, 0) is 12.8 Å². The average Bonchev–Trinajstić information content (AvgIpc) is 2.97. The minimum absolute atomic E-state index is 0.562. The van der Waals surface area contributed by atoms with Gasteiger partial charge in [0.05, 0.1) is 6.20 Å². The summed E-state index contributed by atoms with van der Waals surface area (Å²) in [6.07, 6.45) is 10.6. The predicted octanol–water partition coefficient (Wildman–Crippen LogP) is 3.34. The van der Waals surface area contributed by atoms with E-state index in [1.165, 1.54) is 25.7 Å². The quantitative estimate of drug-likeness (QED) is 0.754. The first-order valence-corrected chi connectivity index (χ1v) is 7.41. The average molecular weight is 250 g/mol. The Balaban J connectivity index is 1.68. The second-order valence-electron chi connectivity index (χ2n) is 5.79. The van der Waals surface area contributed by atoms with E-state index in [9.17, 15) is 0 Å². The van der Waals surface area contributed by atoms with E-state index in [-0.39, 0.29) is 0 Å². The van der Waals surface area contributed by atoms with Gasteiger partial charge in [-0.1, -0.05) is 39.5 Å². The Kier molecular flexibility index (Phi) is 5.24. The van der Waals surface area contributed by atoms with Crippen LogP contribution in [0.25, 0.3) is 0 Å². The van der Waals surface area contributed by atoms with E-state index in [2.05, 4.69) is 24.1 Å². The second kappa shape index (κ2) is 6.93. The first kappa shape index (κ1) is 13.6. The molecule has 1 aromatic heterocycles. The predicted molar refractivity (Wildman–Crippen MR) is 73.6 cm³/mol. The van der Waals surface area contributed by atoms with Crippen LogP contribution in [0, 0.1) is 5.92 Å². The van der Waals surface area contributed by atoms with E-state index in [4.69, 9.17) is 4.42 Å². The van der Waals surface area contributed by atoms with Crippen LogP contribution < -0.4 is 5.32 Å². The summed E-state index contributed by atoms with van der Waals surface area (Å²) in [5.41, 5.74) is 0. The van der Waals surface area contributed by atoms with E-state index in [1.54, 1.807) is 0 Å². The minimum Gasteiger partial charge on any atom is -0.446 e. The Hall–Kier alpha value is -0.830. The Morgan fingerprint density at radius 3 is 2.89 bits per heavy atom. The molecular formula is C15H26N2O. The van der Waals surface area contributed by atoms with Crippen molar-refractivity contribution < 1.29 is 4.42 Å². The van der Waals surface area contributed by atoms with Gasteiger partial charge in [0, 0.05) is 18.9 Å². The molecule has 0 aromatic carbocycles. The van der Waals surface area contributed by atoms with Crippen LogP contribution in [-0.4, -0.2) is 17.6 Å². The van der Waals surface area contributed by atoms with Crippen LogP contribution in [0.2, 0.25) is 0 Å². The van der Waals surface area contributed by atoms with Gasteiger partial charge >= 0.3 is 0 Å². The number of oxazole rings is 1. The molecule has 102 valence electrons. The zero-order valence-corrected chi connectivity index (χ0v) is 11.7. The van der Waals surface area contributed by atoms with Crippen molar-refractivity contribution in [1.29, 1.82) is 0 Å². The lowest BCUT2D eigenvalue weighted by Crippen LogP contribution is -2.23. The van der Waals surface area contributed by atoms with Gasteiger partial charge in [-0.25, -0.2) is 4.98 Å². The van der Waals surface area contributed by atoms with Gasteiger partial charge in [0.15, 0.2) is 5.89 Å².